The Morgan fingerprint density at radius 3 is 2.80 bits per heavy atom. The van der Waals surface area contributed by atoms with E-state index in [1.165, 1.54) is 17.3 Å². The van der Waals surface area contributed by atoms with Crippen LogP contribution in [0.2, 0.25) is 0 Å². The molecule has 0 aliphatic rings. The maximum atomic E-state index is 5.50. The summed E-state index contributed by atoms with van der Waals surface area (Å²) in [6, 6.07) is 10.1. The molecule has 78 valence electrons. The van der Waals surface area contributed by atoms with Gasteiger partial charge in [0.25, 0.3) is 0 Å². The Kier molecular flexibility index (Phi) is 3.20. The molecule has 0 saturated heterocycles. The quantitative estimate of drug-likeness (QED) is 0.771. The lowest BCUT2D eigenvalue weighted by Crippen LogP contribution is -2.26. The number of fused-ring (bicyclic) bond motifs is 1. The Hall–Kier alpha value is -1.10. The molecule has 0 atom stereocenters. The number of hydrogen-bond acceptors (Lipinski definition) is 4. The zero-order chi connectivity index (χ0) is 10.7. The molecule has 15 heavy (non-hydrogen) atoms. The maximum Gasteiger partial charge on any atom is 0.101 e. The lowest BCUT2D eigenvalue weighted by molar-refractivity contribution is 0.986. The zero-order valence-electron chi connectivity index (χ0n) is 8.26. The minimum absolute atomic E-state index is 0.330. The van der Waals surface area contributed by atoms with Gasteiger partial charge < -0.3 is 11.5 Å². The Labute approximate surface area is 92.9 Å². The third-order valence-electron chi connectivity index (χ3n) is 2.15. The number of rotatable bonds is 3. The molecule has 2 aromatic rings. The molecule has 0 spiro atoms. The van der Waals surface area contributed by atoms with Crippen LogP contribution in [0.25, 0.3) is 10.9 Å². The van der Waals surface area contributed by atoms with Crippen molar-refractivity contribution in [1.82, 2.24) is 4.98 Å². The van der Waals surface area contributed by atoms with Gasteiger partial charge in [-0.05, 0) is 11.6 Å². The van der Waals surface area contributed by atoms with Crippen LogP contribution in [-0.4, -0.2) is 10.5 Å². The lowest BCUT2D eigenvalue weighted by atomic mass is 10.1. The van der Waals surface area contributed by atoms with Crippen molar-refractivity contribution in [2.45, 2.75) is 11.3 Å². The highest BCUT2D eigenvalue weighted by Crippen LogP contribution is 2.20. The van der Waals surface area contributed by atoms with E-state index in [9.17, 15) is 0 Å². The van der Waals surface area contributed by atoms with E-state index in [0.717, 1.165) is 16.7 Å². The van der Waals surface area contributed by atoms with Gasteiger partial charge in [0.05, 0.1) is 5.52 Å². The van der Waals surface area contributed by atoms with E-state index in [-0.39, 0.29) is 5.50 Å². The molecule has 0 saturated carbocycles. The summed E-state index contributed by atoms with van der Waals surface area (Å²) in [6.45, 7) is 0. The van der Waals surface area contributed by atoms with E-state index in [1.807, 2.05) is 12.1 Å². The van der Waals surface area contributed by atoms with Crippen molar-refractivity contribution in [3.63, 3.8) is 0 Å². The first kappa shape index (κ1) is 10.4. The van der Waals surface area contributed by atoms with Crippen LogP contribution in [0.1, 0.15) is 5.56 Å². The third-order valence-corrected chi connectivity index (χ3v) is 3.01. The zero-order valence-corrected chi connectivity index (χ0v) is 9.08. The highest BCUT2D eigenvalue weighted by Gasteiger charge is 2.02. The number of nitrogens with zero attached hydrogens (tertiary/aromatic N) is 1. The van der Waals surface area contributed by atoms with Gasteiger partial charge in [0.15, 0.2) is 0 Å². The van der Waals surface area contributed by atoms with E-state index in [4.69, 9.17) is 11.5 Å². The Morgan fingerprint density at radius 2 is 2.00 bits per heavy atom. The van der Waals surface area contributed by atoms with Gasteiger partial charge in [-0.2, -0.15) is 0 Å². The fourth-order valence-corrected chi connectivity index (χ4v) is 2.07. The molecule has 4 heteroatoms. The minimum atomic E-state index is -0.330. The molecular weight excluding hydrogens is 206 g/mol. The molecule has 0 amide bonds. The summed E-state index contributed by atoms with van der Waals surface area (Å²) in [5.74, 6) is 0.798. The summed E-state index contributed by atoms with van der Waals surface area (Å²) in [5, 5.41) is 1.15. The van der Waals surface area contributed by atoms with Crippen LogP contribution < -0.4 is 11.5 Å². The average Bonchev–Trinajstić information content (AvgIpc) is 2.26. The van der Waals surface area contributed by atoms with Gasteiger partial charge in [0.2, 0.25) is 0 Å². The number of thioether (sulfide) groups is 1. The first-order chi connectivity index (χ1) is 7.27. The summed E-state index contributed by atoms with van der Waals surface area (Å²) >= 11 is 1.51. The van der Waals surface area contributed by atoms with Crippen molar-refractivity contribution in [3.05, 3.63) is 42.1 Å². The maximum absolute atomic E-state index is 5.50. The van der Waals surface area contributed by atoms with Gasteiger partial charge in [-0.25, -0.2) is 0 Å². The second-order valence-electron chi connectivity index (χ2n) is 3.27. The number of para-hydroxylation sites is 1. The van der Waals surface area contributed by atoms with Crippen LogP contribution in [0.3, 0.4) is 0 Å². The topological polar surface area (TPSA) is 64.9 Å². The predicted molar refractivity (Wildman–Crippen MR) is 65.2 cm³/mol. The van der Waals surface area contributed by atoms with E-state index in [0.29, 0.717) is 0 Å². The summed E-state index contributed by atoms with van der Waals surface area (Å²) in [7, 11) is 0. The SMILES string of the molecule is NC(N)SCc1cccc2cccnc12. The van der Waals surface area contributed by atoms with Crippen molar-refractivity contribution in [2.75, 3.05) is 0 Å². The molecule has 1 aromatic carbocycles. The average molecular weight is 219 g/mol. The third kappa shape index (κ3) is 2.47. The van der Waals surface area contributed by atoms with E-state index < -0.39 is 0 Å². The number of pyridine rings is 1. The monoisotopic (exact) mass is 219 g/mol. The van der Waals surface area contributed by atoms with E-state index in [2.05, 4.69) is 23.2 Å². The van der Waals surface area contributed by atoms with Crippen molar-refractivity contribution >= 4 is 22.7 Å². The minimum Gasteiger partial charge on any atom is -0.307 e. The second kappa shape index (κ2) is 4.61. The summed E-state index contributed by atoms with van der Waals surface area (Å²) in [5.41, 5.74) is 12.9. The highest BCUT2D eigenvalue weighted by molar-refractivity contribution is 7.99. The summed E-state index contributed by atoms with van der Waals surface area (Å²) < 4.78 is 0. The lowest BCUT2D eigenvalue weighted by Gasteiger charge is -2.07. The predicted octanol–water partition coefficient (Wildman–Crippen LogP) is 1.67. The molecule has 0 bridgehead atoms. The first-order valence-electron chi connectivity index (χ1n) is 4.73. The smallest absolute Gasteiger partial charge is 0.101 e. The van der Waals surface area contributed by atoms with Gasteiger partial charge in [0.1, 0.15) is 5.50 Å². The molecule has 0 aliphatic heterocycles. The van der Waals surface area contributed by atoms with Crippen LogP contribution in [0.5, 0.6) is 0 Å². The van der Waals surface area contributed by atoms with E-state index >= 15 is 0 Å². The fraction of sp³-hybridized carbons (Fsp3) is 0.182. The number of benzene rings is 1. The molecule has 0 fully saturated rings. The molecule has 4 N–H and O–H groups in total. The Bertz CT molecular complexity index is 451. The molecule has 1 heterocycles. The number of aromatic nitrogens is 1. The van der Waals surface area contributed by atoms with Gasteiger partial charge in [-0.15, -0.1) is 11.8 Å². The van der Waals surface area contributed by atoms with Crippen molar-refractivity contribution in [2.24, 2.45) is 11.5 Å². The summed E-state index contributed by atoms with van der Waals surface area (Å²) in [6.07, 6.45) is 1.80. The van der Waals surface area contributed by atoms with Crippen molar-refractivity contribution < 1.29 is 0 Å². The largest absolute Gasteiger partial charge is 0.307 e. The van der Waals surface area contributed by atoms with Gasteiger partial charge >= 0.3 is 0 Å². The molecule has 1 aromatic heterocycles. The Balaban J connectivity index is 2.34. The number of nitrogens with two attached hydrogens (primary N) is 2. The first-order valence-corrected chi connectivity index (χ1v) is 5.77. The molecular formula is C11H13N3S. The van der Waals surface area contributed by atoms with Crippen LogP contribution in [0.15, 0.2) is 36.5 Å². The molecule has 2 rings (SSSR count). The molecule has 0 radical (unpaired) electrons. The fourth-order valence-electron chi connectivity index (χ4n) is 1.47. The molecule has 0 unspecified atom stereocenters. The van der Waals surface area contributed by atoms with Crippen LogP contribution >= 0.6 is 11.8 Å². The van der Waals surface area contributed by atoms with Crippen molar-refractivity contribution in [3.8, 4) is 0 Å². The van der Waals surface area contributed by atoms with Crippen LogP contribution in [-0.2, 0) is 5.75 Å². The summed E-state index contributed by atoms with van der Waals surface area (Å²) in [4.78, 5) is 4.36. The highest BCUT2D eigenvalue weighted by atomic mass is 32.2. The second-order valence-corrected chi connectivity index (χ2v) is 4.43. The van der Waals surface area contributed by atoms with Gasteiger partial charge in [-0.1, -0.05) is 24.3 Å². The van der Waals surface area contributed by atoms with Crippen LogP contribution in [0, 0.1) is 0 Å². The van der Waals surface area contributed by atoms with Crippen LogP contribution in [0.4, 0.5) is 0 Å². The van der Waals surface area contributed by atoms with Crippen molar-refractivity contribution in [1.29, 1.82) is 0 Å². The Morgan fingerprint density at radius 1 is 1.20 bits per heavy atom. The normalized spacial score (nSPS) is 11.1. The van der Waals surface area contributed by atoms with E-state index in [1.54, 1.807) is 6.20 Å². The van der Waals surface area contributed by atoms with Gasteiger partial charge in [-0.3, -0.25) is 4.98 Å². The molecule has 3 nitrogen and oxygen atoms in total. The standard InChI is InChI=1S/C11H13N3S/c12-11(13)15-7-9-4-1-3-8-5-2-6-14-10(8)9/h1-6,11H,7,12-13H2. The van der Waals surface area contributed by atoms with Gasteiger partial charge in [0, 0.05) is 17.3 Å². The molecule has 0 aliphatic carbocycles. The number of hydrogen-bond donors (Lipinski definition) is 2.